The van der Waals surface area contributed by atoms with E-state index in [0.29, 0.717) is 11.4 Å². The molecule has 0 bridgehead atoms. The van der Waals surface area contributed by atoms with E-state index in [2.05, 4.69) is 39.2 Å². The summed E-state index contributed by atoms with van der Waals surface area (Å²) in [5.41, 5.74) is 2.88. The first kappa shape index (κ1) is 17.9. The quantitative estimate of drug-likeness (QED) is 0.667. The summed E-state index contributed by atoms with van der Waals surface area (Å²) in [6.07, 6.45) is -0.853. The fourth-order valence-corrected chi connectivity index (χ4v) is 2.63. The van der Waals surface area contributed by atoms with Crippen molar-refractivity contribution in [2.24, 2.45) is 0 Å². The summed E-state index contributed by atoms with van der Waals surface area (Å²) in [6.45, 7) is 1.56. The number of halogens is 1. The Morgan fingerprint density at radius 2 is 1.84 bits per heavy atom. The number of tetrazole rings is 1. The number of aliphatic hydroxyl groups is 1. The molecule has 25 heavy (non-hydrogen) atoms. The number of rotatable bonds is 5. The Morgan fingerprint density at radius 1 is 1.16 bits per heavy atom. The summed E-state index contributed by atoms with van der Waals surface area (Å²) in [6, 6.07) is 14.5. The van der Waals surface area contributed by atoms with Gasteiger partial charge in [0.15, 0.2) is 11.4 Å². The van der Waals surface area contributed by atoms with Crippen molar-refractivity contribution in [1.82, 2.24) is 20.2 Å². The molecule has 0 aliphatic rings. The van der Waals surface area contributed by atoms with Crippen LogP contribution in [-0.2, 0) is 5.15 Å². The van der Waals surface area contributed by atoms with Crippen molar-refractivity contribution in [3.63, 3.8) is 0 Å². The Kier molecular flexibility index (Phi) is 5.09. The van der Waals surface area contributed by atoms with E-state index in [9.17, 15) is 9.50 Å². The molecule has 2 aromatic carbocycles. The molecule has 0 saturated heterocycles. The summed E-state index contributed by atoms with van der Waals surface area (Å²) >= 11 is 0. The maximum Gasteiger partial charge on any atom is 0.207 e. The predicted molar refractivity (Wildman–Crippen MR) is 102 cm³/mol. The van der Waals surface area contributed by atoms with Gasteiger partial charge in [0, 0.05) is 16.9 Å². The summed E-state index contributed by atoms with van der Waals surface area (Å²) in [7, 11) is 4.29. The van der Waals surface area contributed by atoms with Crippen molar-refractivity contribution in [3.05, 3.63) is 54.1 Å². The maximum atomic E-state index is 13.9. The number of para-hydroxylation sites is 1. The van der Waals surface area contributed by atoms with E-state index >= 15 is 0 Å². The Balaban J connectivity index is 1.88. The average molecular weight is 377 g/mol. The van der Waals surface area contributed by atoms with Crippen LogP contribution in [0.3, 0.4) is 0 Å². The molecule has 6 nitrogen and oxygen atoms in total. The van der Waals surface area contributed by atoms with Crippen molar-refractivity contribution in [2.45, 2.75) is 18.3 Å². The molecule has 2 N–H and O–H groups in total. The van der Waals surface area contributed by atoms with Crippen LogP contribution in [0.25, 0.3) is 11.4 Å². The molecule has 3 atom stereocenters. The van der Waals surface area contributed by atoms with Crippen LogP contribution in [-0.4, -0.2) is 25.3 Å². The monoisotopic (exact) mass is 377 g/mol. The van der Waals surface area contributed by atoms with Crippen molar-refractivity contribution in [2.75, 3.05) is 5.32 Å². The molecule has 0 amide bonds. The third kappa shape index (κ3) is 4.18. The zero-order valence-electron chi connectivity index (χ0n) is 13.5. The van der Waals surface area contributed by atoms with E-state index < -0.39 is 11.4 Å². The molecule has 0 aliphatic heterocycles. The molecule has 0 radical (unpaired) electrons. The van der Waals surface area contributed by atoms with Crippen LogP contribution >= 0.6 is 18.5 Å². The van der Waals surface area contributed by atoms with Crippen molar-refractivity contribution in [3.8, 4) is 11.4 Å². The van der Waals surface area contributed by atoms with Crippen molar-refractivity contribution in [1.29, 1.82) is 0 Å². The van der Waals surface area contributed by atoms with Crippen LogP contribution in [0.1, 0.15) is 18.7 Å². The third-order valence-corrected chi connectivity index (χ3v) is 4.20. The molecule has 0 aliphatic carbocycles. The number of hydrogen-bond acceptors (Lipinski definition) is 5. The van der Waals surface area contributed by atoms with Crippen LogP contribution in [0, 0.1) is 0 Å². The van der Waals surface area contributed by atoms with Crippen molar-refractivity contribution >= 4 is 29.9 Å². The van der Waals surface area contributed by atoms with Gasteiger partial charge in [0.2, 0.25) is 5.82 Å². The first-order valence-corrected chi connectivity index (χ1v) is 8.71. The second kappa shape index (κ2) is 7.12. The molecule has 9 heteroatoms. The zero-order chi connectivity index (χ0) is 18.0. The van der Waals surface area contributed by atoms with Gasteiger partial charge in [-0.05, 0) is 42.0 Å². The minimum Gasteiger partial charge on any atom is -0.370 e. The molecule has 2 unspecified atom stereocenters. The lowest BCUT2D eigenvalue weighted by atomic mass is 10.1. The number of benzene rings is 2. The number of nitrogens with one attached hydrogen (secondary N) is 1. The lowest BCUT2D eigenvalue weighted by molar-refractivity contribution is 0.0930. The number of hydrogen-bond donors (Lipinski definition) is 2. The van der Waals surface area contributed by atoms with E-state index in [-0.39, 0.29) is 0 Å². The van der Waals surface area contributed by atoms with Crippen LogP contribution in [0.4, 0.5) is 15.8 Å². The number of aliphatic hydroxyl groups excluding tert-OH is 1. The van der Waals surface area contributed by atoms with Gasteiger partial charge in [0.1, 0.15) is 0 Å². The molecule has 0 saturated carbocycles. The second-order valence-electron chi connectivity index (χ2n) is 5.58. The standard InChI is InChI=1S/C16H18FN5OP2/c1-10(23)22-20-15(19-21-22)13-4-2-3-5-14(13)18-12-8-6-11(7-9-12)16(17,24)25/h2-10,18,23H,24-25H2,1H3/t10-/m0/s1. The van der Waals surface area contributed by atoms with Crippen LogP contribution < -0.4 is 5.32 Å². The Bertz CT molecular complexity index is 861. The molecule has 1 heterocycles. The van der Waals surface area contributed by atoms with Crippen LogP contribution in [0.5, 0.6) is 0 Å². The Morgan fingerprint density at radius 3 is 2.44 bits per heavy atom. The smallest absolute Gasteiger partial charge is 0.207 e. The van der Waals surface area contributed by atoms with Gasteiger partial charge < -0.3 is 10.4 Å². The number of aromatic nitrogens is 4. The molecule has 3 aromatic rings. The van der Waals surface area contributed by atoms with Gasteiger partial charge in [-0.15, -0.1) is 15.0 Å². The summed E-state index contributed by atoms with van der Waals surface area (Å²) in [4.78, 5) is 1.14. The molecule has 130 valence electrons. The predicted octanol–water partition coefficient (Wildman–Crippen LogP) is 3.42. The first-order chi connectivity index (χ1) is 11.8. The fraction of sp³-hybridized carbons (Fsp3) is 0.188. The lowest BCUT2D eigenvalue weighted by Crippen LogP contribution is -2.07. The van der Waals surface area contributed by atoms with E-state index in [1.165, 1.54) is 0 Å². The molecule has 1 aromatic heterocycles. The van der Waals surface area contributed by atoms with Gasteiger partial charge in [0.25, 0.3) is 0 Å². The molecular weight excluding hydrogens is 359 g/mol. The van der Waals surface area contributed by atoms with Gasteiger partial charge in [-0.2, -0.15) is 0 Å². The average Bonchev–Trinajstić information content (AvgIpc) is 3.05. The number of anilines is 2. The van der Waals surface area contributed by atoms with Crippen LogP contribution in [0.2, 0.25) is 0 Å². The topological polar surface area (TPSA) is 75.9 Å². The van der Waals surface area contributed by atoms with E-state index in [4.69, 9.17) is 0 Å². The van der Waals surface area contributed by atoms with E-state index in [0.717, 1.165) is 21.7 Å². The van der Waals surface area contributed by atoms with Gasteiger partial charge in [-0.3, -0.25) is 0 Å². The highest BCUT2D eigenvalue weighted by molar-refractivity contribution is 7.38. The Hall–Kier alpha value is -1.94. The molecular formula is C16H18FN5OP2. The molecule has 0 fully saturated rings. The van der Waals surface area contributed by atoms with Gasteiger partial charge >= 0.3 is 0 Å². The summed E-state index contributed by atoms with van der Waals surface area (Å²) < 4.78 is 13.9. The molecule has 0 spiro atoms. The number of nitrogens with zero attached hydrogens (tertiary/aromatic N) is 4. The van der Waals surface area contributed by atoms with Crippen LogP contribution in [0.15, 0.2) is 48.5 Å². The highest BCUT2D eigenvalue weighted by Crippen LogP contribution is 2.40. The first-order valence-electron chi connectivity index (χ1n) is 7.56. The molecule has 3 rings (SSSR count). The lowest BCUT2D eigenvalue weighted by Gasteiger charge is -2.15. The number of alkyl halides is 1. The Labute approximate surface area is 149 Å². The zero-order valence-corrected chi connectivity index (χ0v) is 15.8. The van der Waals surface area contributed by atoms with Crippen molar-refractivity contribution < 1.29 is 9.50 Å². The minimum atomic E-state index is -1.54. The second-order valence-corrected chi connectivity index (χ2v) is 7.93. The van der Waals surface area contributed by atoms with E-state index in [1.807, 2.05) is 24.3 Å². The SMILES string of the molecule is C[C@H](O)n1nnc(-c2ccccc2Nc2ccc(C(F)(P)P)cc2)n1. The third-order valence-electron chi connectivity index (χ3n) is 3.54. The van der Waals surface area contributed by atoms with Gasteiger partial charge in [-0.25, -0.2) is 4.39 Å². The minimum absolute atomic E-state index is 0.401. The fourth-order valence-electron chi connectivity index (χ4n) is 2.24. The van der Waals surface area contributed by atoms with Gasteiger partial charge in [0.05, 0.1) is 0 Å². The summed E-state index contributed by atoms with van der Waals surface area (Å²) in [5, 5.41) is 23.3. The van der Waals surface area contributed by atoms with Gasteiger partial charge in [-0.1, -0.05) is 42.7 Å². The largest absolute Gasteiger partial charge is 0.370 e. The normalized spacial score (nSPS) is 12.8. The summed E-state index contributed by atoms with van der Waals surface area (Å²) in [5.74, 6) is 0.401. The maximum absolute atomic E-state index is 13.9. The van der Waals surface area contributed by atoms with E-state index in [1.54, 1.807) is 31.2 Å². The highest BCUT2D eigenvalue weighted by atomic mass is 31.1. The highest BCUT2D eigenvalue weighted by Gasteiger charge is 2.18.